The van der Waals surface area contributed by atoms with E-state index in [2.05, 4.69) is 23.1 Å². The van der Waals surface area contributed by atoms with Gasteiger partial charge in [0, 0.05) is 6.42 Å². The molecule has 0 saturated carbocycles. The van der Waals surface area contributed by atoms with Gasteiger partial charge in [-0.05, 0) is 94.2 Å². The number of Topliss-reactive ketones (excluding diaryl/α,β-unsaturated/α-hetero) is 1. The molecule has 2 aromatic carbocycles. The number of carbonyl (C=O) groups excluding carboxylic acids is 1. The highest BCUT2D eigenvalue weighted by atomic mass is 16.5. The van der Waals surface area contributed by atoms with E-state index in [1.807, 2.05) is 19.1 Å². The summed E-state index contributed by atoms with van der Waals surface area (Å²) in [5, 5.41) is 8.77. The maximum atomic E-state index is 9.81. The van der Waals surface area contributed by atoms with E-state index in [0.717, 1.165) is 17.9 Å². The van der Waals surface area contributed by atoms with E-state index in [9.17, 15) is 4.79 Å². The summed E-state index contributed by atoms with van der Waals surface area (Å²) in [6, 6.07) is 17.6. The van der Waals surface area contributed by atoms with Crippen LogP contribution in [0.25, 0.3) is 0 Å². The fraction of sp³-hybridized carbons (Fsp3) is 0.462. The lowest BCUT2D eigenvalue weighted by molar-refractivity contribution is -0.116. The van der Waals surface area contributed by atoms with Crippen molar-refractivity contribution in [2.24, 2.45) is 0 Å². The summed E-state index contributed by atoms with van der Waals surface area (Å²) in [5.74, 6) is 1.88. The summed E-state index contributed by atoms with van der Waals surface area (Å²) < 4.78 is 11.3. The van der Waals surface area contributed by atoms with Crippen molar-refractivity contribution in [1.29, 1.82) is 5.26 Å². The third-order valence-corrected chi connectivity index (χ3v) is 5.16. The topological polar surface area (TPSA) is 62.6 Å². The molecule has 166 valence electrons. The Kier molecular flexibility index (Phi) is 11.2. The highest BCUT2D eigenvalue weighted by Gasteiger charge is 2.10. The van der Waals surface area contributed by atoms with Gasteiger partial charge in [-0.2, -0.15) is 5.26 Å². The van der Waals surface area contributed by atoms with Crippen LogP contribution in [0.2, 0.25) is 0 Å². The van der Waals surface area contributed by atoms with Gasteiger partial charge in [0.1, 0.15) is 30.5 Å². The Morgan fingerprint density at radius 1 is 0.968 bits per heavy atom. The van der Waals surface area contributed by atoms with Gasteiger partial charge in [-0.1, -0.05) is 19.1 Å². The highest BCUT2D eigenvalue weighted by molar-refractivity contribution is 5.74. The second-order valence-electron chi connectivity index (χ2n) is 7.68. The number of nitrogens with zero attached hydrogens (tertiary/aromatic N) is 2. The van der Waals surface area contributed by atoms with E-state index in [1.165, 1.54) is 44.5 Å². The number of hydrogen-bond donors (Lipinski definition) is 0. The van der Waals surface area contributed by atoms with Crippen LogP contribution in [-0.4, -0.2) is 43.5 Å². The molecule has 0 atom stereocenters. The molecule has 1 aliphatic heterocycles. The van der Waals surface area contributed by atoms with Crippen molar-refractivity contribution in [3.8, 4) is 17.6 Å². The number of ether oxygens (including phenoxy) is 2. The monoisotopic (exact) mass is 422 g/mol. The number of aryl methyl sites for hydroxylation is 1. The quantitative estimate of drug-likeness (QED) is 0.503. The van der Waals surface area contributed by atoms with Crippen LogP contribution in [0.5, 0.6) is 11.5 Å². The molecule has 5 nitrogen and oxygen atoms in total. The van der Waals surface area contributed by atoms with Crippen molar-refractivity contribution in [1.82, 2.24) is 4.90 Å². The zero-order valence-electron chi connectivity index (χ0n) is 18.8. The number of nitriles is 1. The first-order valence-electron chi connectivity index (χ1n) is 11.2. The summed E-state index contributed by atoms with van der Waals surface area (Å²) in [4.78, 5) is 12.4. The van der Waals surface area contributed by atoms with Crippen molar-refractivity contribution in [3.05, 3.63) is 59.7 Å². The lowest BCUT2D eigenvalue weighted by Crippen LogP contribution is -2.20. The third-order valence-electron chi connectivity index (χ3n) is 5.16. The molecular weight excluding hydrogens is 388 g/mol. The molecule has 0 amide bonds. The number of carbonyl (C=O) groups is 1. The molecule has 3 rings (SSSR count). The normalized spacial score (nSPS) is 13.1. The van der Waals surface area contributed by atoms with Crippen molar-refractivity contribution in [2.45, 2.75) is 46.0 Å². The van der Waals surface area contributed by atoms with E-state index >= 15 is 0 Å². The first kappa shape index (κ1) is 24.4. The number of rotatable bonds is 10. The van der Waals surface area contributed by atoms with Crippen LogP contribution in [0.3, 0.4) is 0 Å². The average Bonchev–Trinajstić information content (AvgIpc) is 3.32. The van der Waals surface area contributed by atoms with Gasteiger partial charge in [-0.3, -0.25) is 0 Å². The molecular formula is C26H34N2O3. The molecule has 0 N–H and O–H groups in total. The molecule has 1 fully saturated rings. The van der Waals surface area contributed by atoms with Gasteiger partial charge in [0.2, 0.25) is 0 Å². The SMILES string of the molecule is CCC(C)=O.N#Cc1ccc(OCCOc2ccc(CCCN3CCCC3)cc2)cc1. The van der Waals surface area contributed by atoms with Crippen LogP contribution in [0.15, 0.2) is 48.5 Å². The number of likely N-dealkylation sites (tertiary alicyclic amines) is 1. The van der Waals surface area contributed by atoms with Crippen molar-refractivity contribution in [2.75, 3.05) is 32.8 Å². The van der Waals surface area contributed by atoms with E-state index in [0.29, 0.717) is 25.2 Å². The maximum absolute atomic E-state index is 9.81. The first-order valence-corrected chi connectivity index (χ1v) is 11.2. The predicted octanol–water partition coefficient (Wildman–Crippen LogP) is 5.03. The van der Waals surface area contributed by atoms with Crippen LogP contribution in [0, 0.1) is 11.3 Å². The minimum absolute atomic E-state index is 0.255. The van der Waals surface area contributed by atoms with Gasteiger partial charge in [0.15, 0.2) is 0 Å². The molecule has 1 saturated heterocycles. The summed E-state index contributed by atoms with van der Waals surface area (Å²) in [6.07, 6.45) is 5.74. The number of benzene rings is 2. The molecule has 0 aromatic heterocycles. The average molecular weight is 423 g/mol. The summed E-state index contributed by atoms with van der Waals surface area (Å²) in [7, 11) is 0. The molecule has 1 heterocycles. The van der Waals surface area contributed by atoms with Gasteiger partial charge < -0.3 is 19.2 Å². The van der Waals surface area contributed by atoms with Gasteiger partial charge in [-0.15, -0.1) is 0 Å². The molecule has 2 aromatic rings. The first-order chi connectivity index (χ1) is 15.1. The lowest BCUT2D eigenvalue weighted by Gasteiger charge is -2.14. The van der Waals surface area contributed by atoms with Gasteiger partial charge >= 0.3 is 0 Å². The molecule has 0 radical (unpaired) electrons. The van der Waals surface area contributed by atoms with E-state index in [-0.39, 0.29) is 5.78 Å². The van der Waals surface area contributed by atoms with Crippen molar-refractivity contribution in [3.63, 3.8) is 0 Å². The van der Waals surface area contributed by atoms with Crippen molar-refractivity contribution >= 4 is 5.78 Å². The molecule has 0 spiro atoms. The second kappa shape index (κ2) is 14.2. The fourth-order valence-electron chi connectivity index (χ4n) is 3.21. The second-order valence-corrected chi connectivity index (χ2v) is 7.68. The molecule has 1 aliphatic rings. The summed E-state index contributed by atoms with van der Waals surface area (Å²) >= 11 is 0. The number of ketones is 1. The van der Waals surface area contributed by atoms with Gasteiger partial charge in [0.05, 0.1) is 11.6 Å². The zero-order valence-corrected chi connectivity index (χ0v) is 18.8. The Morgan fingerprint density at radius 2 is 1.48 bits per heavy atom. The van der Waals surface area contributed by atoms with Crippen LogP contribution in [0.1, 0.15) is 50.7 Å². The molecule has 0 aliphatic carbocycles. The Bertz CT molecular complexity index is 804. The molecule has 5 heteroatoms. The zero-order chi connectivity index (χ0) is 22.3. The van der Waals surface area contributed by atoms with Crippen LogP contribution in [-0.2, 0) is 11.2 Å². The van der Waals surface area contributed by atoms with E-state index < -0.39 is 0 Å². The Hall–Kier alpha value is -2.84. The third kappa shape index (κ3) is 10.1. The highest BCUT2D eigenvalue weighted by Crippen LogP contribution is 2.15. The standard InChI is InChI=1S/C22H26N2O2.C4H8O/c23-18-20-7-11-22(12-8-20)26-17-16-25-21-9-5-19(6-10-21)4-3-15-24-13-1-2-14-24;1-3-4(2)5/h5-12H,1-4,13-17H2;3H2,1-2H3. The summed E-state index contributed by atoms with van der Waals surface area (Å²) in [6.45, 7) is 8.17. The van der Waals surface area contributed by atoms with Gasteiger partial charge in [-0.25, -0.2) is 0 Å². The molecule has 31 heavy (non-hydrogen) atoms. The molecule has 0 bridgehead atoms. The Morgan fingerprint density at radius 3 is 1.97 bits per heavy atom. The van der Waals surface area contributed by atoms with Gasteiger partial charge in [0.25, 0.3) is 0 Å². The Labute approximate surface area is 186 Å². The van der Waals surface area contributed by atoms with E-state index in [1.54, 1.807) is 31.2 Å². The summed E-state index contributed by atoms with van der Waals surface area (Å²) in [5.41, 5.74) is 2.00. The minimum Gasteiger partial charge on any atom is -0.490 e. The van der Waals surface area contributed by atoms with Crippen LogP contribution < -0.4 is 9.47 Å². The van der Waals surface area contributed by atoms with Crippen LogP contribution >= 0.6 is 0 Å². The fourth-order valence-corrected chi connectivity index (χ4v) is 3.21. The smallest absolute Gasteiger partial charge is 0.129 e. The number of hydrogen-bond acceptors (Lipinski definition) is 5. The minimum atomic E-state index is 0.255. The maximum Gasteiger partial charge on any atom is 0.129 e. The van der Waals surface area contributed by atoms with E-state index in [4.69, 9.17) is 14.7 Å². The predicted molar refractivity (Wildman–Crippen MR) is 124 cm³/mol. The lowest BCUT2D eigenvalue weighted by atomic mass is 10.1. The Balaban J connectivity index is 0.000000614. The molecule has 0 unspecified atom stereocenters. The van der Waals surface area contributed by atoms with Crippen molar-refractivity contribution < 1.29 is 14.3 Å². The van der Waals surface area contributed by atoms with Crippen LogP contribution in [0.4, 0.5) is 0 Å². The largest absolute Gasteiger partial charge is 0.490 e.